The van der Waals surface area contributed by atoms with E-state index in [4.69, 9.17) is 0 Å². The van der Waals surface area contributed by atoms with Crippen LogP contribution < -0.4 is 5.32 Å². The van der Waals surface area contributed by atoms with Crippen molar-refractivity contribution < 1.29 is 14.3 Å². The van der Waals surface area contributed by atoms with Gasteiger partial charge in [0.1, 0.15) is 6.04 Å². The molecule has 1 fully saturated rings. The number of esters is 1. The Morgan fingerprint density at radius 3 is 2.43 bits per heavy atom. The highest BCUT2D eigenvalue weighted by molar-refractivity contribution is 8.07. The predicted molar refractivity (Wildman–Crippen MR) is 55.0 cm³/mol. The molecule has 14 heavy (non-hydrogen) atoms. The summed E-state index contributed by atoms with van der Waals surface area (Å²) >= 11 is 1.59. The predicted octanol–water partition coefficient (Wildman–Crippen LogP) is 0.416. The van der Waals surface area contributed by atoms with Gasteiger partial charge in [-0.25, -0.2) is 4.79 Å². The first-order valence-electron chi connectivity index (χ1n) is 4.56. The summed E-state index contributed by atoms with van der Waals surface area (Å²) in [5, 5.41) is 2.74. The molecule has 0 aromatic rings. The number of hydrogen-bond donors (Lipinski definition) is 1. The Morgan fingerprint density at radius 2 is 2.07 bits per heavy atom. The number of ether oxygens (including phenoxy) is 1. The molecule has 0 aromatic carbocycles. The van der Waals surface area contributed by atoms with Crippen molar-refractivity contribution in [2.45, 2.75) is 25.1 Å². The van der Waals surface area contributed by atoms with Gasteiger partial charge in [0.25, 0.3) is 0 Å². The van der Waals surface area contributed by atoms with Gasteiger partial charge in [-0.05, 0) is 5.92 Å². The van der Waals surface area contributed by atoms with Gasteiger partial charge in [0, 0.05) is 5.75 Å². The van der Waals surface area contributed by atoms with Crippen LogP contribution in [0, 0.1) is 5.92 Å². The summed E-state index contributed by atoms with van der Waals surface area (Å²) in [5.41, 5.74) is 0. The van der Waals surface area contributed by atoms with Crippen LogP contribution in [0.15, 0.2) is 0 Å². The maximum atomic E-state index is 11.4. The first kappa shape index (κ1) is 11.4. The monoisotopic (exact) mass is 217 g/mol. The van der Waals surface area contributed by atoms with Gasteiger partial charge in [-0.3, -0.25) is 4.79 Å². The van der Waals surface area contributed by atoms with Crippen LogP contribution in [0.3, 0.4) is 0 Å². The second kappa shape index (κ2) is 4.68. The van der Waals surface area contributed by atoms with Gasteiger partial charge in [-0.15, -0.1) is 11.8 Å². The van der Waals surface area contributed by atoms with E-state index in [9.17, 15) is 9.59 Å². The van der Waals surface area contributed by atoms with Crippen molar-refractivity contribution in [3.8, 4) is 0 Å². The topological polar surface area (TPSA) is 55.4 Å². The van der Waals surface area contributed by atoms with Gasteiger partial charge < -0.3 is 10.1 Å². The van der Waals surface area contributed by atoms with E-state index in [1.807, 2.05) is 13.8 Å². The van der Waals surface area contributed by atoms with Gasteiger partial charge in [0.15, 0.2) is 0 Å². The first-order chi connectivity index (χ1) is 6.56. The van der Waals surface area contributed by atoms with Crippen LogP contribution in [0.1, 0.15) is 13.8 Å². The normalized spacial score (nSPS) is 21.6. The molecule has 1 rings (SSSR count). The fourth-order valence-corrected chi connectivity index (χ4v) is 1.54. The molecule has 5 heteroatoms. The zero-order valence-corrected chi connectivity index (χ0v) is 9.39. The maximum absolute atomic E-state index is 11.4. The third-order valence-corrected chi connectivity index (χ3v) is 2.93. The lowest BCUT2D eigenvalue weighted by atomic mass is 10.0. The third kappa shape index (κ3) is 2.90. The molecule has 1 aliphatic heterocycles. The summed E-state index contributed by atoms with van der Waals surface area (Å²) in [4.78, 5) is 22.7. The number of hydrogen-bond acceptors (Lipinski definition) is 4. The van der Waals surface area contributed by atoms with Crippen LogP contribution in [0.25, 0.3) is 0 Å². The quantitative estimate of drug-likeness (QED) is 0.547. The lowest BCUT2D eigenvalue weighted by molar-refractivity contribution is -0.146. The Bertz CT molecular complexity index is 238. The van der Waals surface area contributed by atoms with Crippen molar-refractivity contribution in [2.75, 3.05) is 12.9 Å². The lowest BCUT2D eigenvalue weighted by Crippen LogP contribution is -2.46. The van der Waals surface area contributed by atoms with Crippen molar-refractivity contribution in [3.05, 3.63) is 0 Å². The van der Waals surface area contributed by atoms with Crippen molar-refractivity contribution in [2.24, 2.45) is 5.92 Å². The molecule has 0 saturated carbocycles. The van der Waals surface area contributed by atoms with E-state index in [1.165, 1.54) is 7.11 Å². The molecule has 1 N–H and O–H groups in total. The van der Waals surface area contributed by atoms with Gasteiger partial charge in [0.2, 0.25) is 5.91 Å². The molecule has 0 spiro atoms. The molecular formula is C9H15NO3S. The molecule has 1 aliphatic rings. The SMILES string of the molecule is COC(=O)[C@@H](NC(=O)[C@H]1CS1)C(C)C. The summed E-state index contributed by atoms with van der Waals surface area (Å²) in [6.07, 6.45) is 0. The van der Waals surface area contributed by atoms with Crippen LogP contribution in [0.4, 0.5) is 0 Å². The van der Waals surface area contributed by atoms with Crippen molar-refractivity contribution >= 4 is 23.6 Å². The van der Waals surface area contributed by atoms with Crippen molar-refractivity contribution in [1.29, 1.82) is 0 Å². The summed E-state index contributed by atoms with van der Waals surface area (Å²) in [7, 11) is 1.33. The van der Waals surface area contributed by atoms with Gasteiger partial charge in [0.05, 0.1) is 12.4 Å². The number of carbonyl (C=O) groups excluding carboxylic acids is 2. The van der Waals surface area contributed by atoms with Crippen LogP contribution in [-0.2, 0) is 14.3 Å². The zero-order chi connectivity index (χ0) is 10.7. The van der Waals surface area contributed by atoms with Crippen LogP contribution in [0.5, 0.6) is 0 Å². The van der Waals surface area contributed by atoms with E-state index in [0.29, 0.717) is 0 Å². The van der Waals surface area contributed by atoms with E-state index >= 15 is 0 Å². The fourth-order valence-electron chi connectivity index (χ4n) is 1.07. The van der Waals surface area contributed by atoms with Crippen LogP contribution >= 0.6 is 11.8 Å². The molecular weight excluding hydrogens is 202 g/mol. The summed E-state index contributed by atoms with van der Waals surface area (Å²) < 4.78 is 4.61. The van der Waals surface area contributed by atoms with Crippen molar-refractivity contribution in [3.63, 3.8) is 0 Å². The summed E-state index contributed by atoms with van der Waals surface area (Å²) in [6, 6.07) is -0.520. The second-order valence-corrected chi connectivity index (χ2v) is 4.81. The molecule has 0 radical (unpaired) electrons. The Kier molecular flexibility index (Phi) is 3.80. The van der Waals surface area contributed by atoms with Crippen LogP contribution in [-0.4, -0.2) is 36.0 Å². The average Bonchev–Trinajstić information content (AvgIpc) is 2.95. The molecule has 1 saturated heterocycles. The molecule has 1 amide bonds. The lowest BCUT2D eigenvalue weighted by Gasteiger charge is -2.19. The van der Waals surface area contributed by atoms with Crippen LogP contribution in [0.2, 0.25) is 0 Å². The van der Waals surface area contributed by atoms with Gasteiger partial charge in [-0.1, -0.05) is 13.8 Å². The minimum absolute atomic E-state index is 0.0425. The zero-order valence-electron chi connectivity index (χ0n) is 8.57. The highest BCUT2D eigenvalue weighted by atomic mass is 32.2. The van der Waals surface area contributed by atoms with Gasteiger partial charge >= 0.3 is 5.97 Å². The molecule has 0 aromatic heterocycles. The molecule has 0 unspecified atom stereocenters. The molecule has 2 atom stereocenters. The number of amides is 1. The number of carbonyl (C=O) groups is 2. The second-order valence-electron chi connectivity index (χ2n) is 3.58. The standard InChI is InChI=1S/C9H15NO3S/c1-5(2)7(9(12)13-3)10-8(11)6-4-14-6/h5-7H,4H2,1-3H3,(H,10,11)/t6-,7+/m1/s1. The number of rotatable bonds is 4. The Balaban J connectivity index is 2.49. The Morgan fingerprint density at radius 1 is 1.50 bits per heavy atom. The number of nitrogens with one attached hydrogen (secondary N) is 1. The Labute approximate surface area is 87.8 Å². The highest BCUT2D eigenvalue weighted by Crippen LogP contribution is 2.30. The van der Waals surface area contributed by atoms with E-state index < -0.39 is 6.04 Å². The molecule has 0 aliphatic carbocycles. The molecule has 0 bridgehead atoms. The molecule has 1 heterocycles. The van der Waals surface area contributed by atoms with E-state index in [2.05, 4.69) is 10.1 Å². The molecule has 4 nitrogen and oxygen atoms in total. The Hall–Kier alpha value is -0.710. The van der Waals surface area contributed by atoms with E-state index in [1.54, 1.807) is 11.8 Å². The van der Waals surface area contributed by atoms with E-state index in [0.717, 1.165) is 5.75 Å². The summed E-state index contributed by atoms with van der Waals surface area (Å²) in [5.74, 6) is 0.478. The highest BCUT2D eigenvalue weighted by Gasteiger charge is 2.34. The van der Waals surface area contributed by atoms with Gasteiger partial charge in [-0.2, -0.15) is 0 Å². The average molecular weight is 217 g/mol. The number of methoxy groups -OCH3 is 1. The smallest absolute Gasteiger partial charge is 0.328 e. The van der Waals surface area contributed by atoms with Crippen molar-refractivity contribution in [1.82, 2.24) is 5.32 Å². The maximum Gasteiger partial charge on any atom is 0.328 e. The third-order valence-electron chi connectivity index (χ3n) is 2.05. The first-order valence-corrected chi connectivity index (χ1v) is 5.61. The molecule has 80 valence electrons. The fraction of sp³-hybridized carbons (Fsp3) is 0.778. The minimum atomic E-state index is -0.520. The number of thioether (sulfide) groups is 1. The largest absolute Gasteiger partial charge is 0.467 e. The van der Waals surface area contributed by atoms with E-state index in [-0.39, 0.29) is 23.0 Å². The summed E-state index contributed by atoms with van der Waals surface area (Å²) in [6.45, 7) is 3.75. The minimum Gasteiger partial charge on any atom is -0.467 e.